The van der Waals surface area contributed by atoms with E-state index >= 15 is 0 Å². The minimum Gasteiger partial charge on any atom is -0.491 e. The van der Waals surface area contributed by atoms with E-state index in [1.54, 1.807) is 11.3 Å². The fraction of sp³-hybridized carbons (Fsp3) is 0.217. The molecule has 15 heteroatoms. The Hall–Kier alpha value is -4.14. The largest absolute Gasteiger partial charge is 0.491 e. The van der Waals surface area contributed by atoms with Crippen LogP contribution >= 0.6 is 11.3 Å². The number of pyridine rings is 1. The number of aromatic nitrogens is 3. The number of alkyl halides is 6. The summed E-state index contributed by atoms with van der Waals surface area (Å²) in [5.74, 6) is -4.62. The van der Waals surface area contributed by atoms with Gasteiger partial charge in [0.2, 0.25) is 0 Å². The lowest BCUT2D eigenvalue weighted by molar-refractivity contribution is -0.193. The van der Waals surface area contributed by atoms with Gasteiger partial charge < -0.3 is 14.9 Å². The molecule has 0 bridgehead atoms. The molecule has 1 aromatic carbocycles. The van der Waals surface area contributed by atoms with Crippen molar-refractivity contribution in [2.45, 2.75) is 32.3 Å². The number of nitrogens with zero attached hydrogens (tertiary/aromatic N) is 3. The minimum atomic E-state index is -5.08. The Morgan fingerprint density at radius 1 is 0.921 bits per heavy atom. The van der Waals surface area contributed by atoms with Crippen molar-refractivity contribution < 1.29 is 50.9 Å². The summed E-state index contributed by atoms with van der Waals surface area (Å²) in [6, 6.07) is 12.4. The molecule has 8 nitrogen and oxygen atoms in total. The van der Waals surface area contributed by atoms with Crippen LogP contribution in [0, 0.1) is 0 Å². The number of thiazole rings is 1. The zero-order valence-corrected chi connectivity index (χ0v) is 20.3. The molecular formula is C23H19F6N3O5S. The van der Waals surface area contributed by atoms with Crippen LogP contribution in [0.25, 0.3) is 27.3 Å². The van der Waals surface area contributed by atoms with Crippen molar-refractivity contribution in [1.82, 2.24) is 14.4 Å². The number of fused-ring (bicyclic) bond motifs is 1. The molecule has 0 radical (unpaired) electrons. The van der Waals surface area contributed by atoms with Crippen LogP contribution in [0.15, 0.2) is 60.5 Å². The lowest BCUT2D eigenvalue weighted by Gasteiger charge is -2.10. The van der Waals surface area contributed by atoms with E-state index in [-0.39, 0.29) is 6.10 Å². The lowest BCUT2D eigenvalue weighted by atomic mass is 10.1. The Labute approximate surface area is 214 Å². The molecular weight excluding hydrogens is 544 g/mol. The van der Waals surface area contributed by atoms with E-state index in [2.05, 4.69) is 44.8 Å². The normalized spacial score (nSPS) is 11.3. The van der Waals surface area contributed by atoms with Gasteiger partial charge in [-0.2, -0.15) is 26.3 Å². The van der Waals surface area contributed by atoms with E-state index in [9.17, 15) is 26.3 Å². The Morgan fingerprint density at radius 2 is 1.47 bits per heavy atom. The van der Waals surface area contributed by atoms with Gasteiger partial charge in [0.05, 0.1) is 28.4 Å². The molecule has 0 saturated heterocycles. The van der Waals surface area contributed by atoms with Gasteiger partial charge in [0, 0.05) is 12.4 Å². The zero-order valence-electron chi connectivity index (χ0n) is 19.5. The van der Waals surface area contributed by atoms with Gasteiger partial charge in [0.15, 0.2) is 0 Å². The van der Waals surface area contributed by atoms with Gasteiger partial charge in [0.1, 0.15) is 11.4 Å². The number of aliphatic carboxylic acids is 2. The van der Waals surface area contributed by atoms with Crippen LogP contribution in [0.5, 0.6) is 5.75 Å². The second-order valence-electron chi connectivity index (χ2n) is 7.45. The predicted octanol–water partition coefficient (Wildman–Crippen LogP) is 6.18. The number of benzene rings is 1. The summed E-state index contributed by atoms with van der Waals surface area (Å²) in [7, 11) is 0. The molecule has 204 valence electrons. The number of carboxylic acid groups (broad SMARTS) is 2. The SMILES string of the molecule is CC(C)Oc1ccc(-c2ccn3c(-c4cncs4)cnc3c2)cc1.O=C(O)C(F)(F)F.O=C(O)C(F)(F)F. The lowest BCUT2D eigenvalue weighted by Crippen LogP contribution is -2.21. The van der Waals surface area contributed by atoms with Gasteiger partial charge in [0.25, 0.3) is 0 Å². The molecule has 0 fully saturated rings. The predicted molar refractivity (Wildman–Crippen MR) is 125 cm³/mol. The molecule has 4 aromatic rings. The molecule has 4 rings (SSSR count). The Morgan fingerprint density at radius 3 is 1.92 bits per heavy atom. The van der Waals surface area contributed by atoms with Gasteiger partial charge in [-0.3, -0.25) is 9.38 Å². The molecule has 0 amide bonds. The maximum absolute atomic E-state index is 10.6. The minimum absolute atomic E-state index is 0.183. The van der Waals surface area contributed by atoms with Crippen molar-refractivity contribution in [3.8, 4) is 27.4 Å². The topological polar surface area (TPSA) is 114 Å². The number of rotatable bonds is 4. The molecule has 0 aliphatic carbocycles. The van der Waals surface area contributed by atoms with Crippen LogP contribution < -0.4 is 4.74 Å². The summed E-state index contributed by atoms with van der Waals surface area (Å²) in [6.07, 6.45) is -4.16. The number of halogens is 6. The van der Waals surface area contributed by atoms with Gasteiger partial charge in [-0.1, -0.05) is 12.1 Å². The number of carboxylic acids is 2. The Balaban J connectivity index is 0.000000301. The first kappa shape index (κ1) is 30.1. The van der Waals surface area contributed by atoms with Crippen LogP contribution in [0.2, 0.25) is 0 Å². The highest BCUT2D eigenvalue weighted by atomic mass is 32.1. The maximum atomic E-state index is 10.6. The number of hydrogen-bond acceptors (Lipinski definition) is 6. The molecule has 2 N–H and O–H groups in total. The average Bonchev–Trinajstić information content (AvgIpc) is 3.48. The van der Waals surface area contributed by atoms with E-state index in [1.165, 1.54) is 0 Å². The summed E-state index contributed by atoms with van der Waals surface area (Å²) in [5.41, 5.74) is 6.12. The third-order valence-corrected chi connectivity index (χ3v) is 5.04. The van der Waals surface area contributed by atoms with Crippen molar-refractivity contribution in [2.75, 3.05) is 0 Å². The highest BCUT2D eigenvalue weighted by molar-refractivity contribution is 7.13. The fourth-order valence-corrected chi connectivity index (χ4v) is 3.31. The molecule has 0 aliphatic rings. The van der Waals surface area contributed by atoms with Gasteiger partial charge >= 0.3 is 24.3 Å². The summed E-state index contributed by atoms with van der Waals surface area (Å²) in [6.45, 7) is 4.06. The van der Waals surface area contributed by atoms with E-state index in [0.29, 0.717) is 0 Å². The monoisotopic (exact) mass is 563 g/mol. The van der Waals surface area contributed by atoms with E-state index in [4.69, 9.17) is 24.5 Å². The van der Waals surface area contributed by atoms with Crippen molar-refractivity contribution in [1.29, 1.82) is 0 Å². The van der Waals surface area contributed by atoms with Crippen LogP contribution in [0.3, 0.4) is 0 Å². The van der Waals surface area contributed by atoms with Crippen LogP contribution in [0.1, 0.15) is 13.8 Å². The quantitative estimate of drug-likeness (QED) is 0.285. The van der Waals surface area contributed by atoms with Crippen LogP contribution in [-0.4, -0.2) is 55.0 Å². The van der Waals surface area contributed by atoms with E-state index in [1.807, 2.05) is 43.9 Å². The third-order valence-electron chi connectivity index (χ3n) is 4.24. The number of hydrogen-bond donors (Lipinski definition) is 2. The number of carbonyl (C=O) groups is 2. The van der Waals surface area contributed by atoms with Gasteiger partial charge in [-0.25, -0.2) is 14.6 Å². The van der Waals surface area contributed by atoms with Crippen molar-refractivity contribution in [3.63, 3.8) is 0 Å². The molecule has 3 aromatic heterocycles. The van der Waals surface area contributed by atoms with Crippen LogP contribution in [0.4, 0.5) is 26.3 Å². The van der Waals surface area contributed by atoms with E-state index < -0.39 is 24.3 Å². The Bertz CT molecular complexity index is 1330. The first-order valence-electron chi connectivity index (χ1n) is 10.3. The van der Waals surface area contributed by atoms with E-state index in [0.717, 1.165) is 33.1 Å². The second kappa shape index (κ2) is 12.4. The second-order valence-corrected chi connectivity index (χ2v) is 8.34. The van der Waals surface area contributed by atoms with Gasteiger partial charge in [-0.05, 0) is 49.2 Å². The highest BCUT2D eigenvalue weighted by Crippen LogP contribution is 2.28. The smallest absolute Gasteiger partial charge is 0.490 e. The summed E-state index contributed by atoms with van der Waals surface area (Å²) in [4.78, 5) is 27.6. The average molecular weight is 563 g/mol. The third kappa shape index (κ3) is 8.76. The Kier molecular flexibility index (Phi) is 9.82. The number of ether oxygens (including phenoxy) is 1. The molecule has 38 heavy (non-hydrogen) atoms. The molecule has 0 aliphatic heterocycles. The summed E-state index contributed by atoms with van der Waals surface area (Å²) in [5, 5.41) is 14.2. The van der Waals surface area contributed by atoms with Crippen molar-refractivity contribution in [3.05, 3.63) is 60.5 Å². The maximum Gasteiger partial charge on any atom is 0.490 e. The summed E-state index contributed by atoms with van der Waals surface area (Å²) >= 11 is 1.62. The summed E-state index contributed by atoms with van der Waals surface area (Å²) < 4.78 is 71.3. The first-order valence-corrected chi connectivity index (χ1v) is 11.2. The van der Waals surface area contributed by atoms with Crippen LogP contribution in [-0.2, 0) is 9.59 Å². The zero-order chi connectivity index (χ0) is 28.7. The molecule has 0 saturated carbocycles. The molecule has 0 spiro atoms. The van der Waals surface area contributed by atoms with Crippen molar-refractivity contribution in [2.24, 2.45) is 0 Å². The number of imidazole rings is 1. The first-order chi connectivity index (χ1) is 17.6. The van der Waals surface area contributed by atoms with Gasteiger partial charge in [-0.15, -0.1) is 11.3 Å². The molecule has 3 heterocycles. The molecule has 0 unspecified atom stereocenters. The van der Waals surface area contributed by atoms with Crippen molar-refractivity contribution >= 4 is 28.9 Å². The standard InChI is InChI=1S/C19H17N3OS.2C2HF3O2/c1-13(2)23-16-5-3-14(4-6-16)15-7-8-22-17(10-21-19(22)9-15)18-11-20-12-24-18;2*3-2(4,5)1(6)7/h3-13H,1-2H3;2*(H,6,7). The molecule has 0 atom stereocenters. The fourth-order valence-electron chi connectivity index (χ4n) is 2.68. The highest BCUT2D eigenvalue weighted by Gasteiger charge is 2.38.